The number of oxazole rings is 1. The number of carboxylic acids is 1. The fourth-order valence-electron chi connectivity index (χ4n) is 2.24. The topological polar surface area (TPSA) is 78.2 Å². The summed E-state index contributed by atoms with van der Waals surface area (Å²) in [5.74, 6) is -2.13. The van der Waals surface area contributed by atoms with Crippen LogP contribution in [0.1, 0.15) is 11.1 Å². The van der Waals surface area contributed by atoms with Gasteiger partial charge < -0.3 is 19.6 Å². The summed E-state index contributed by atoms with van der Waals surface area (Å²) >= 11 is 6.11. The molecule has 2 aromatic carbocycles. The zero-order chi connectivity index (χ0) is 16.6. The second kappa shape index (κ2) is 5.89. The molecule has 0 aliphatic rings. The Hall–Kier alpha value is -2.60. The van der Waals surface area contributed by atoms with Crippen LogP contribution in [0.5, 0.6) is 0 Å². The van der Waals surface area contributed by atoms with E-state index in [9.17, 15) is 14.3 Å². The third kappa shape index (κ3) is 2.98. The Labute approximate surface area is 135 Å². The van der Waals surface area contributed by atoms with Gasteiger partial charge in [0.1, 0.15) is 5.52 Å². The summed E-state index contributed by atoms with van der Waals surface area (Å²) < 4.78 is 19.6. The van der Waals surface area contributed by atoms with Crippen LogP contribution >= 0.6 is 11.6 Å². The second-order valence-electron chi connectivity index (χ2n) is 5.01. The number of carbonyl (C=O) groups excluding carboxylic acids is 1. The SMILES string of the molecule is Cc1cccc(Cl)c1Nc1nc2ccc(CC(=O)[O-])c(F)c2o1. The van der Waals surface area contributed by atoms with Crippen molar-refractivity contribution in [1.29, 1.82) is 0 Å². The number of aromatic nitrogens is 1. The highest BCUT2D eigenvalue weighted by Crippen LogP contribution is 2.31. The normalized spacial score (nSPS) is 10.9. The summed E-state index contributed by atoms with van der Waals surface area (Å²) in [6.45, 7) is 1.86. The maximum Gasteiger partial charge on any atom is 0.300 e. The minimum absolute atomic E-state index is 0.0193. The van der Waals surface area contributed by atoms with E-state index in [-0.39, 0.29) is 22.7 Å². The van der Waals surface area contributed by atoms with Crippen LogP contribution in [-0.2, 0) is 11.2 Å². The van der Waals surface area contributed by atoms with Gasteiger partial charge in [-0.3, -0.25) is 0 Å². The average molecular weight is 334 g/mol. The molecule has 0 atom stereocenters. The predicted molar refractivity (Wildman–Crippen MR) is 82.1 cm³/mol. The van der Waals surface area contributed by atoms with Crippen molar-refractivity contribution in [2.45, 2.75) is 13.3 Å². The van der Waals surface area contributed by atoms with Crippen molar-refractivity contribution >= 4 is 40.4 Å². The lowest BCUT2D eigenvalue weighted by Crippen LogP contribution is -2.24. The molecule has 0 bridgehead atoms. The van der Waals surface area contributed by atoms with Crippen molar-refractivity contribution in [3.05, 3.63) is 52.3 Å². The van der Waals surface area contributed by atoms with Crippen molar-refractivity contribution in [3.63, 3.8) is 0 Å². The van der Waals surface area contributed by atoms with Gasteiger partial charge in [-0.25, -0.2) is 4.39 Å². The molecule has 0 saturated heterocycles. The second-order valence-corrected chi connectivity index (χ2v) is 5.42. The molecule has 23 heavy (non-hydrogen) atoms. The summed E-state index contributed by atoms with van der Waals surface area (Å²) in [6.07, 6.45) is -0.533. The van der Waals surface area contributed by atoms with Gasteiger partial charge in [-0.15, -0.1) is 0 Å². The van der Waals surface area contributed by atoms with Crippen LogP contribution in [-0.4, -0.2) is 11.0 Å². The highest BCUT2D eigenvalue weighted by atomic mass is 35.5. The molecule has 1 aromatic heterocycles. The van der Waals surface area contributed by atoms with E-state index in [1.807, 2.05) is 13.0 Å². The standard InChI is InChI=1S/C16H12ClFN2O3/c1-8-3-2-4-10(17)14(8)20-16-19-11-6-5-9(7-12(21)22)13(18)15(11)23-16/h2-6H,7H2,1H3,(H,19,20)(H,21,22)/p-1. The average Bonchev–Trinajstić information content (AvgIpc) is 2.89. The van der Waals surface area contributed by atoms with E-state index in [4.69, 9.17) is 16.0 Å². The third-order valence-corrected chi connectivity index (χ3v) is 3.68. The van der Waals surface area contributed by atoms with E-state index in [2.05, 4.69) is 10.3 Å². The highest BCUT2D eigenvalue weighted by molar-refractivity contribution is 6.33. The number of hydrogen-bond acceptors (Lipinski definition) is 5. The summed E-state index contributed by atoms with van der Waals surface area (Å²) in [5.41, 5.74) is 1.62. The van der Waals surface area contributed by atoms with Crippen molar-refractivity contribution in [2.24, 2.45) is 0 Å². The first-order valence-electron chi connectivity index (χ1n) is 6.75. The number of anilines is 2. The Morgan fingerprint density at radius 2 is 2.17 bits per heavy atom. The molecular weight excluding hydrogens is 323 g/mol. The molecule has 0 spiro atoms. The molecule has 3 rings (SSSR count). The molecule has 5 nitrogen and oxygen atoms in total. The van der Waals surface area contributed by atoms with Gasteiger partial charge in [0, 0.05) is 12.4 Å². The molecule has 0 saturated carbocycles. The molecule has 0 amide bonds. The van der Waals surface area contributed by atoms with Gasteiger partial charge in [0.2, 0.25) is 0 Å². The van der Waals surface area contributed by atoms with Crippen LogP contribution in [0.25, 0.3) is 11.1 Å². The van der Waals surface area contributed by atoms with Crippen molar-refractivity contribution in [3.8, 4) is 0 Å². The van der Waals surface area contributed by atoms with Crippen molar-refractivity contribution in [2.75, 3.05) is 5.32 Å². The van der Waals surface area contributed by atoms with Gasteiger partial charge in [-0.1, -0.05) is 29.8 Å². The first-order chi connectivity index (χ1) is 11.0. The fourth-order valence-corrected chi connectivity index (χ4v) is 2.51. The molecule has 0 aliphatic carbocycles. The number of fused-ring (bicyclic) bond motifs is 1. The smallest absolute Gasteiger partial charge is 0.300 e. The lowest BCUT2D eigenvalue weighted by molar-refractivity contribution is -0.304. The number of halogens is 2. The van der Waals surface area contributed by atoms with E-state index in [0.29, 0.717) is 10.7 Å². The Kier molecular flexibility index (Phi) is 3.92. The molecule has 1 N–H and O–H groups in total. The van der Waals surface area contributed by atoms with E-state index < -0.39 is 18.2 Å². The maximum atomic E-state index is 14.3. The van der Waals surface area contributed by atoms with Crippen LogP contribution in [0, 0.1) is 12.7 Å². The molecule has 3 aromatic rings. The van der Waals surface area contributed by atoms with E-state index in [1.165, 1.54) is 12.1 Å². The van der Waals surface area contributed by atoms with Gasteiger partial charge in [0.05, 0.1) is 10.7 Å². The van der Waals surface area contributed by atoms with E-state index in [1.54, 1.807) is 12.1 Å². The minimum atomic E-state index is -1.37. The molecule has 7 heteroatoms. The number of nitrogens with zero attached hydrogens (tertiary/aromatic N) is 1. The number of carboxylic acid groups (broad SMARTS) is 1. The van der Waals surface area contributed by atoms with Gasteiger partial charge >= 0.3 is 0 Å². The summed E-state index contributed by atoms with van der Waals surface area (Å²) in [5, 5.41) is 14.0. The molecule has 1 heterocycles. The fraction of sp³-hybridized carbons (Fsp3) is 0.125. The number of benzene rings is 2. The van der Waals surface area contributed by atoms with Crippen LogP contribution in [0.4, 0.5) is 16.1 Å². The van der Waals surface area contributed by atoms with Crippen molar-refractivity contribution in [1.82, 2.24) is 4.98 Å². The lowest BCUT2D eigenvalue weighted by Gasteiger charge is -2.07. The van der Waals surface area contributed by atoms with Gasteiger partial charge in [0.25, 0.3) is 6.01 Å². The molecule has 0 fully saturated rings. The monoisotopic (exact) mass is 333 g/mol. The number of aryl methyl sites for hydroxylation is 1. The number of hydrogen-bond donors (Lipinski definition) is 1. The predicted octanol–water partition coefficient (Wildman–Crippen LogP) is 2.96. The zero-order valence-corrected chi connectivity index (χ0v) is 12.8. The number of rotatable bonds is 4. The Morgan fingerprint density at radius 1 is 1.39 bits per heavy atom. The van der Waals surface area contributed by atoms with Crippen molar-refractivity contribution < 1.29 is 18.7 Å². The number of aliphatic carboxylic acids is 1. The molecular formula is C16H11ClFN2O3-. The summed E-state index contributed by atoms with van der Waals surface area (Å²) in [6, 6.07) is 8.28. The summed E-state index contributed by atoms with van der Waals surface area (Å²) in [7, 11) is 0. The van der Waals surface area contributed by atoms with Crippen LogP contribution in [0.15, 0.2) is 34.7 Å². The first-order valence-corrected chi connectivity index (χ1v) is 7.13. The van der Waals surface area contributed by atoms with Crippen LogP contribution in [0.2, 0.25) is 5.02 Å². The van der Waals surface area contributed by atoms with Gasteiger partial charge in [-0.05, 0) is 30.2 Å². The molecule has 0 radical (unpaired) electrons. The molecule has 0 unspecified atom stereocenters. The minimum Gasteiger partial charge on any atom is -0.550 e. The van der Waals surface area contributed by atoms with Crippen LogP contribution in [0.3, 0.4) is 0 Å². The Morgan fingerprint density at radius 3 is 2.87 bits per heavy atom. The van der Waals surface area contributed by atoms with E-state index in [0.717, 1.165) is 5.56 Å². The highest BCUT2D eigenvalue weighted by Gasteiger charge is 2.15. The van der Waals surface area contributed by atoms with Gasteiger partial charge in [0.15, 0.2) is 11.4 Å². The number of carbonyl (C=O) groups is 1. The third-order valence-electron chi connectivity index (χ3n) is 3.37. The van der Waals surface area contributed by atoms with Gasteiger partial charge in [-0.2, -0.15) is 4.98 Å². The zero-order valence-electron chi connectivity index (χ0n) is 12.0. The largest absolute Gasteiger partial charge is 0.550 e. The number of para-hydroxylation sites is 1. The summed E-state index contributed by atoms with van der Waals surface area (Å²) in [4.78, 5) is 14.8. The number of nitrogens with one attached hydrogen (secondary N) is 1. The maximum absolute atomic E-state index is 14.3. The molecule has 0 aliphatic heterocycles. The van der Waals surface area contributed by atoms with E-state index >= 15 is 0 Å². The Bertz CT molecular complexity index is 887. The Balaban J connectivity index is 2.00. The van der Waals surface area contributed by atoms with Crippen LogP contribution < -0.4 is 10.4 Å². The molecule has 118 valence electrons. The first kappa shape index (κ1) is 15.3. The quantitative estimate of drug-likeness (QED) is 0.794. The lowest BCUT2D eigenvalue weighted by atomic mass is 10.1.